The number of allylic oxidation sites excluding steroid dienone is 1. The second-order valence-corrected chi connectivity index (χ2v) is 5.29. The van der Waals surface area contributed by atoms with Crippen molar-refractivity contribution < 1.29 is 0 Å². The van der Waals surface area contributed by atoms with Crippen molar-refractivity contribution in [3.8, 4) is 6.07 Å². The van der Waals surface area contributed by atoms with Crippen molar-refractivity contribution in [3.63, 3.8) is 0 Å². The molecule has 0 radical (unpaired) electrons. The molecular formula is C12H12ClNS. The van der Waals surface area contributed by atoms with Crippen LogP contribution in [0, 0.1) is 11.3 Å². The van der Waals surface area contributed by atoms with E-state index in [1.807, 2.05) is 6.07 Å². The third-order valence-electron chi connectivity index (χ3n) is 2.67. The van der Waals surface area contributed by atoms with Crippen molar-refractivity contribution in [1.29, 1.82) is 5.26 Å². The smallest absolute Gasteiger partial charge is 0.0928 e. The van der Waals surface area contributed by atoms with Gasteiger partial charge in [0.25, 0.3) is 0 Å². The molecule has 78 valence electrons. The molecule has 0 aromatic carbocycles. The summed E-state index contributed by atoms with van der Waals surface area (Å²) in [5.74, 6) is 0. The molecule has 1 aromatic rings. The topological polar surface area (TPSA) is 23.8 Å². The molecule has 1 aliphatic rings. The summed E-state index contributed by atoms with van der Waals surface area (Å²) in [4.78, 5) is 2.51. The summed E-state index contributed by atoms with van der Waals surface area (Å²) in [5, 5.41) is 9.12. The Hall–Kier alpha value is -0.780. The zero-order valence-electron chi connectivity index (χ0n) is 8.42. The van der Waals surface area contributed by atoms with E-state index in [2.05, 4.69) is 6.07 Å². The average molecular weight is 238 g/mol. The molecule has 0 aliphatic heterocycles. The third kappa shape index (κ3) is 2.42. The van der Waals surface area contributed by atoms with E-state index >= 15 is 0 Å². The molecular weight excluding hydrogens is 226 g/mol. The molecule has 0 saturated carbocycles. The minimum absolute atomic E-state index is 0.579. The van der Waals surface area contributed by atoms with Gasteiger partial charge in [0.2, 0.25) is 0 Å². The van der Waals surface area contributed by atoms with E-state index in [4.69, 9.17) is 16.9 Å². The third-order valence-corrected chi connectivity index (χ3v) is 4.37. The second kappa shape index (κ2) is 4.83. The van der Waals surface area contributed by atoms with E-state index < -0.39 is 0 Å². The Bertz CT molecular complexity index is 402. The van der Waals surface area contributed by atoms with Gasteiger partial charge in [0, 0.05) is 15.8 Å². The van der Waals surface area contributed by atoms with E-state index in [-0.39, 0.29) is 0 Å². The Morgan fingerprint density at radius 2 is 2.20 bits per heavy atom. The van der Waals surface area contributed by atoms with Gasteiger partial charge < -0.3 is 0 Å². The molecule has 15 heavy (non-hydrogen) atoms. The van der Waals surface area contributed by atoms with Gasteiger partial charge in [-0.15, -0.1) is 11.3 Å². The summed E-state index contributed by atoms with van der Waals surface area (Å²) in [6, 6.07) is 4.13. The molecule has 1 aromatic heterocycles. The minimum atomic E-state index is 0.579. The SMILES string of the molecule is N#C/C=C(\Cl)c1cc2c(s1)CCCCC2. The number of aryl methyl sites for hydroxylation is 2. The molecule has 0 amide bonds. The summed E-state index contributed by atoms with van der Waals surface area (Å²) in [6.07, 6.45) is 7.65. The van der Waals surface area contributed by atoms with Gasteiger partial charge in [0.05, 0.1) is 11.1 Å². The monoisotopic (exact) mass is 237 g/mol. The van der Waals surface area contributed by atoms with Crippen LogP contribution >= 0.6 is 22.9 Å². The highest BCUT2D eigenvalue weighted by Crippen LogP contribution is 2.33. The lowest BCUT2D eigenvalue weighted by Crippen LogP contribution is -1.80. The normalized spacial score (nSPS) is 16.7. The molecule has 0 N–H and O–H groups in total. The molecule has 2 rings (SSSR count). The average Bonchev–Trinajstić information content (AvgIpc) is 2.51. The largest absolute Gasteiger partial charge is 0.193 e. The van der Waals surface area contributed by atoms with Crippen LogP contribution in [0.1, 0.15) is 34.6 Å². The molecule has 0 spiro atoms. The van der Waals surface area contributed by atoms with Crippen molar-refractivity contribution >= 4 is 28.0 Å². The second-order valence-electron chi connectivity index (χ2n) is 3.74. The number of halogens is 1. The number of hydrogen-bond acceptors (Lipinski definition) is 2. The van der Waals surface area contributed by atoms with E-state index in [9.17, 15) is 0 Å². The molecule has 0 saturated heterocycles. The summed E-state index contributed by atoms with van der Waals surface area (Å²) >= 11 is 7.76. The highest BCUT2D eigenvalue weighted by atomic mass is 35.5. The first-order chi connectivity index (χ1) is 7.31. The van der Waals surface area contributed by atoms with Crippen molar-refractivity contribution in [1.82, 2.24) is 0 Å². The molecule has 1 aliphatic carbocycles. The lowest BCUT2D eigenvalue weighted by molar-refractivity contribution is 0.712. The van der Waals surface area contributed by atoms with Gasteiger partial charge in [-0.25, -0.2) is 0 Å². The Labute approximate surface area is 99.0 Å². The van der Waals surface area contributed by atoms with Crippen LogP contribution in [0.3, 0.4) is 0 Å². The highest BCUT2D eigenvalue weighted by Gasteiger charge is 2.13. The number of fused-ring (bicyclic) bond motifs is 1. The van der Waals surface area contributed by atoms with Crippen LogP contribution in [0.2, 0.25) is 0 Å². The zero-order chi connectivity index (χ0) is 10.7. The number of thiophene rings is 1. The molecule has 1 nitrogen and oxygen atoms in total. The van der Waals surface area contributed by atoms with Gasteiger partial charge in [-0.3, -0.25) is 0 Å². The first-order valence-corrected chi connectivity index (χ1v) is 6.38. The van der Waals surface area contributed by atoms with Crippen LogP contribution in [0.15, 0.2) is 12.1 Å². The number of hydrogen-bond donors (Lipinski definition) is 0. The van der Waals surface area contributed by atoms with Gasteiger partial charge >= 0.3 is 0 Å². The Morgan fingerprint density at radius 3 is 3.00 bits per heavy atom. The van der Waals surface area contributed by atoms with E-state index in [0.29, 0.717) is 5.03 Å². The first-order valence-electron chi connectivity index (χ1n) is 5.18. The molecule has 1 heterocycles. The van der Waals surface area contributed by atoms with Crippen molar-refractivity contribution in [2.45, 2.75) is 32.1 Å². The van der Waals surface area contributed by atoms with Gasteiger partial charge in [0.1, 0.15) is 0 Å². The number of nitriles is 1. The Morgan fingerprint density at radius 1 is 1.40 bits per heavy atom. The predicted molar refractivity (Wildman–Crippen MR) is 65.0 cm³/mol. The fraction of sp³-hybridized carbons (Fsp3) is 0.417. The summed E-state index contributed by atoms with van der Waals surface area (Å²) < 4.78 is 0. The van der Waals surface area contributed by atoms with Crippen LogP contribution in [-0.4, -0.2) is 0 Å². The molecule has 3 heteroatoms. The zero-order valence-corrected chi connectivity index (χ0v) is 10.00. The molecule has 0 fully saturated rings. The van der Waals surface area contributed by atoms with Crippen molar-refractivity contribution in [2.24, 2.45) is 0 Å². The quantitative estimate of drug-likeness (QED) is 0.533. The van der Waals surface area contributed by atoms with Crippen molar-refractivity contribution in [2.75, 3.05) is 0 Å². The van der Waals surface area contributed by atoms with E-state index in [1.165, 1.54) is 48.6 Å². The standard InChI is InChI=1S/C12H12ClNS/c13-10(6-7-14)12-8-9-4-2-1-3-5-11(9)15-12/h6,8H,1-5H2/b10-6-. The highest BCUT2D eigenvalue weighted by molar-refractivity contribution is 7.14. The molecule has 0 bridgehead atoms. The first kappa shape index (κ1) is 10.7. The van der Waals surface area contributed by atoms with Gasteiger partial charge in [-0.05, 0) is 37.3 Å². The summed E-state index contributed by atoms with van der Waals surface area (Å²) in [6.45, 7) is 0. The van der Waals surface area contributed by atoms with Gasteiger partial charge in [-0.1, -0.05) is 18.0 Å². The maximum absolute atomic E-state index is 8.54. The summed E-state index contributed by atoms with van der Waals surface area (Å²) in [7, 11) is 0. The Balaban J connectivity index is 2.30. The number of rotatable bonds is 1. The van der Waals surface area contributed by atoms with E-state index in [0.717, 1.165) is 4.88 Å². The van der Waals surface area contributed by atoms with Crippen molar-refractivity contribution in [3.05, 3.63) is 27.5 Å². The minimum Gasteiger partial charge on any atom is -0.193 e. The van der Waals surface area contributed by atoms with Crippen LogP contribution in [0.25, 0.3) is 5.03 Å². The van der Waals surface area contributed by atoms with Crippen LogP contribution in [0.5, 0.6) is 0 Å². The molecule has 0 unspecified atom stereocenters. The summed E-state index contributed by atoms with van der Waals surface area (Å²) in [5.41, 5.74) is 1.44. The van der Waals surface area contributed by atoms with E-state index in [1.54, 1.807) is 11.3 Å². The van der Waals surface area contributed by atoms with Crippen LogP contribution in [0.4, 0.5) is 0 Å². The molecule has 0 atom stereocenters. The number of nitrogens with zero attached hydrogens (tertiary/aromatic N) is 1. The fourth-order valence-electron chi connectivity index (χ4n) is 1.91. The van der Waals surface area contributed by atoms with Crippen LogP contribution in [-0.2, 0) is 12.8 Å². The predicted octanol–water partition coefficient (Wildman–Crippen LogP) is 4.12. The lowest BCUT2D eigenvalue weighted by atomic mass is 10.1. The van der Waals surface area contributed by atoms with Gasteiger partial charge in [0.15, 0.2) is 0 Å². The fourth-order valence-corrected chi connectivity index (χ4v) is 3.29. The maximum Gasteiger partial charge on any atom is 0.0928 e. The lowest BCUT2D eigenvalue weighted by Gasteiger charge is -1.92. The van der Waals surface area contributed by atoms with Crippen LogP contribution < -0.4 is 0 Å². The maximum atomic E-state index is 8.54. The van der Waals surface area contributed by atoms with Gasteiger partial charge in [-0.2, -0.15) is 5.26 Å². The Kier molecular flexibility index (Phi) is 3.45.